The molecule has 0 spiro atoms. The Morgan fingerprint density at radius 2 is 2.17 bits per heavy atom. The highest BCUT2D eigenvalue weighted by molar-refractivity contribution is 6.32. The highest BCUT2D eigenvalue weighted by Gasteiger charge is 2.24. The fraction of sp³-hybridized carbons (Fsp3) is 0.500. The van der Waals surface area contributed by atoms with E-state index < -0.39 is 0 Å². The highest BCUT2D eigenvalue weighted by atomic mass is 35.5. The molecule has 1 N–H and O–H groups in total. The second-order valence-electron chi connectivity index (χ2n) is 4.62. The molecular formula is C14H17ClN2O. The molecule has 1 aromatic carbocycles. The normalized spacial score (nSPS) is 23.4. The number of nitrogens with one attached hydrogen (secondary N) is 1. The monoisotopic (exact) mass is 264 g/mol. The van der Waals surface area contributed by atoms with Crippen molar-refractivity contribution in [1.29, 1.82) is 5.26 Å². The van der Waals surface area contributed by atoms with E-state index in [1.165, 1.54) is 12.8 Å². The summed E-state index contributed by atoms with van der Waals surface area (Å²) in [5, 5.41) is 12.8. The van der Waals surface area contributed by atoms with Gasteiger partial charge >= 0.3 is 0 Å². The molecule has 0 radical (unpaired) electrons. The summed E-state index contributed by atoms with van der Waals surface area (Å²) in [6.45, 7) is 0. The van der Waals surface area contributed by atoms with Gasteiger partial charge in [0, 0.05) is 12.8 Å². The quantitative estimate of drug-likeness (QED) is 0.908. The predicted octanol–water partition coefficient (Wildman–Crippen LogP) is 3.58. The number of halogens is 1. The lowest BCUT2D eigenvalue weighted by Crippen LogP contribution is -2.37. The average molecular weight is 265 g/mol. The van der Waals surface area contributed by atoms with E-state index >= 15 is 0 Å². The Balaban J connectivity index is 2.08. The number of hydrogen-bond donors (Lipinski definition) is 1. The number of hydrogen-bond acceptors (Lipinski definition) is 3. The van der Waals surface area contributed by atoms with Gasteiger partial charge in [0.15, 0.2) is 0 Å². The molecule has 3 nitrogen and oxygen atoms in total. The van der Waals surface area contributed by atoms with E-state index in [4.69, 9.17) is 21.6 Å². The fourth-order valence-electron chi connectivity index (χ4n) is 2.45. The van der Waals surface area contributed by atoms with E-state index in [2.05, 4.69) is 11.4 Å². The Hall–Kier alpha value is -1.24. The molecule has 96 valence electrons. The van der Waals surface area contributed by atoms with E-state index in [1.807, 2.05) is 6.07 Å². The highest BCUT2D eigenvalue weighted by Crippen LogP contribution is 2.26. The standard InChI is InChI=1S/C14H17ClN2O/c1-18-14-5-3-2-4-13(14)17-11-7-6-10(9-16)12(15)8-11/h6-8,13-14,17H,2-5H2,1H3. The van der Waals surface area contributed by atoms with Gasteiger partial charge in [-0.15, -0.1) is 0 Å². The third-order valence-electron chi connectivity index (χ3n) is 3.45. The summed E-state index contributed by atoms with van der Waals surface area (Å²) in [5.74, 6) is 0. The maximum Gasteiger partial charge on any atom is 0.101 e. The van der Waals surface area contributed by atoms with Gasteiger partial charge in [-0.3, -0.25) is 0 Å². The molecule has 0 saturated heterocycles. The number of ether oxygens (including phenoxy) is 1. The first-order valence-electron chi connectivity index (χ1n) is 6.23. The van der Waals surface area contributed by atoms with E-state index in [9.17, 15) is 0 Å². The second-order valence-corrected chi connectivity index (χ2v) is 5.02. The van der Waals surface area contributed by atoms with Gasteiger partial charge in [-0.1, -0.05) is 24.4 Å². The molecule has 18 heavy (non-hydrogen) atoms. The first-order chi connectivity index (χ1) is 8.74. The van der Waals surface area contributed by atoms with Crippen molar-refractivity contribution < 1.29 is 4.74 Å². The Morgan fingerprint density at radius 3 is 2.83 bits per heavy atom. The van der Waals surface area contributed by atoms with Crippen LogP contribution in [0.3, 0.4) is 0 Å². The molecule has 2 unspecified atom stereocenters. The van der Waals surface area contributed by atoms with Gasteiger partial charge in [-0.05, 0) is 31.0 Å². The van der Waals surface area contributed by atoms with Crippen molar-refractivity contribution in [1.82, 2.24) is 0 Å². The van der Waals surface area contributed by atoms with Crippen molar-refractivity contribution in [3.63, 3.8) is 0 Å². The molecule has 1 aliphatic carbocycles. The van der Waals surface area contributed by atoms with Crippen molar-refractivity contribution in [2.45, 2.75) is 37.8 Å². The van der Waals surface area contributed by atoms with Crippen molar-refractivity contribution in [2.24, 2.45) is 0 Å². The van der Waals surface area contributed by atoms with Crippen LogP contribution in [-0.2, 0) is 4.74 Å². The molecular weight excluding hydrogens is 248 g/mol. The minimum absolute atomic E-state index is 0.258. The van der Waals surface area contributed by atoms with Crippen molar-refractivity contribution >= 4 is 17.3 Å². The molecule has 4 heteroatoms. The van der Waals surface area contributed by atoms with Crippen LogP contribution >= 0.6 is 11.6 Å². The van der Waals surface area contributed by atoms with Crippen LogP contribution in [-0.4, -0.2) is 19.3 Å². The first kappa shape index (κ1) is 13.2. The van der Waals surface area contributed by atoms with Crippen molar-refractivity contribution in [3.8, 4) is 6.07 Å². The van der Waals surface area contributed by atoms with Gasteiger partial charge in [0.1, 0.15) is 6.07 Å². The number of benzene rings is 1. The van der Waals surface area contributed by atoms with Crippen LogP contribution < -0.4 is 5.32 Å². The van der Waals surface area contributed by atoms with Crippen LogP contribution in [0.25, 0.3) is 0 Å². The molecule has 0 aliphatic heterocycles. The van der Waals surface area contributed by atoms with Crippen molar-refractivity contribution in [3.05, 3.63) is 28.8 Å². The van der Waals surface area contributed by atoms with Crippen LogP contribution in [0.2, 0.25) is 5.02 Å². The van der Waals surface area contributed by atoms with Crippen LogP contribution in [0, 0.1) is 11.3 Å². The summed E-state index contributed by atoms with van der Waals surface area (Å²) in [6.07, 6.45) is 4.91. The predicted molar refractivity (Wildman–Crippen MR) is 72.8 cm³/mol. The number of rotatable bonds is 3. The minimum atomic E-state index is 0.258. The third kappa shape index (κ3) is 2.95. The molecule has 0 aromatic heterocycles. The maximum atomic E-state index is 8.84. The lowest BCUT2D eigenvalue weighted by atomic mass is 9.92. The largest absolute Gasteiger partial charge is 0.380 e. The van der Waals surface area contributed by atoms with Crippen LogP contribution in [0.1, 0.15) is 31.2 Å². The third-order valence-corrected chi connectivity index (χ3v) is 3.76. The topological polar surface area (TPSA) is 45.0 Å². The SMILES string of the molecule is COC1CCCCC1Nc1ccc(C#N)c(Cl)c1. The van der Waals surface area contributed by atoms with E-state index in [1.54, 1.807) is 19.2 Å². The smallest absolute Gasteiger partial charge is 0.101 e. The Morgan fingerprint density at radius 1 is 1.39 bits per heavy atom. The maximum absolute atomic E-state index is 8.84. The molecule has 0 amide bonds. The van der Waals surface area contributed by atoms with E-state index in [0.717, 1.165) is 18.5 Å². The minimum Gasteiger partial charge on any atom is -0.380 e. The van der Waals surface area contributed by atoms with Crippen molar-refractivity contribution in [2.75, 3.05) is 12.4 Å². The Bertz CT molecular complexity index is 456. The average Bonchev–Trinajstić information content (AvgIpc) is 2.39. The summed E-state index contributed by atoms with van der Waals surface area (Å²) in [6, 6.07) is 7.84. The van der Waals surface area contributed by atoms with Gasteiger partial charge in [-0.2, -0.15) is 5.26 Å². The lowest BCUT2D eigenvalue weighted by molar-refractivity contribution is 0.0606. The van der Waals surface area contributed by atoms with Gasteiger partial charge in [-0.25, -0.2) is 0 Å². The second kappa shape index (κ2) is 6.08. The molecule has 0 heterocycles. The number of nitrogens with zero attached hydrogens (tertiary/aromatic N) is 1. The van der Waals surface area contributed by atoms with Crippen LogP contribution in [0.15, 0.2) is 18.2 Å². The molecule has 1 aromatic rings. The van der Waals surface area contributed by atoms with Gasteiger partial charge in [0.25, 0.3) is 0 Å². The van der Waals surface area contributed by atoms with E-state index in [-0.39, 0.29) is 6.10 Å². The Kier molecular flexibility index (Phi) is 4.46. The molecule has 0 bridgehead atoms. The number of nitriles is 1. The molecule has 2 rings (SSSR count). The summed E-state index contributed by atoms with van der Waals surface area (Å²) in [4.78, 5) is 0. The van der Waals surface area contributed by atoms with Gasteiger partial charge in [0.2, 0.25) is 0 Å². The number of anilines is 1. The zero-order valence-corrected chi connectivity index (χ0v) is 11.2. The summed E-state index contributed by atoms with van der Waals surface area (Å²) < 4.78 is 5.50. The molecule has 1 fully saturated rings. The summed E-state index contributed by atoms with van der Waals surface area (Å²) >= 11 is 6.02. The summed E-state index contributed by atoms with van der Waals surface area (Å²) in [7, 11) is 1.76. The van der Waals surface area contributed by atoms with E-state index in [0.29, 0.717) is 16.6 Å². The van der Waals surface area contributed by atoms with Gasteiger partial charge in [0.05, 0.1) is 22.7 Å². The number of methoxy groups -OCH3 is 1. The summed E-state index contributed by atoms with van der Waals surface area (Å²) in [5.41, 5.74) is 1.46. The molecule has 1 aliphatic rings. The van der Waals surface area contributed by atoms with Crippen LogP contribution in [0.5, 0.6) is 0 Å². The molecule has 2 atom stereocenters. The fourth-order valence-corrected chi connectivity index (χ4v) is 2.68. The Labute approximate surface area is 113 Å². The zero-order chi connectivity index (χ0) is 13.0. The first-order valence-corrected chi connectivity index (χ1v) is 6.61. The van der Waals surface area contributed by atoms with Gasteiger partial charge < -0.3 is 10.1 Å². The zero-order valence-electron chi connectivity index (χ0n) is 10.4. The lowest BCUT2D eigenvalue weighted by Gasteiger charge is -2.31. The molecule has 1 saturated carbocycles. The van der Waals surface area contributed by atoms with Crippen LogP contribution in [0.4, 0.5) is 5.69 Å².